The highest BCUT2D eigenvalue weighted by Gasteiger charge is 2.18. The molecule has 1 aromatic heterocycles. The van der Waals surface area contributed by atoms with Crippen LogP contribution in [-0.4, -0.2) is 22.7 Å². The van der Waals surface area contributed by atoms with Crippen molar-refractivity contribution in [1.82, 2.24) is 4.98 Å². The molecule has 4 rings (SSSR count). The molecule has 31 heavy (non-hydrogen) atoms. The number of aromatic amines is 1. The summed E-state index contributed by atoms with van der Waals surface area (Å²) in [6.45, 7) is 2.86. The van der Waals surface area contributed by atoms with Gasteiger partial charge in [-0.15, -0.1) is 0 Å². The van der Waals surface area contributed by atoms with Crippen LogP contribution in [0.4, 0.5) is 0 Å². The molecule has 0 amide bonds. The predicted molar refractivity (Wildman–Crippen MR) is 130 cm³/mol. The fraction of sp³-hybridized carbons (Fsp3) is 0.160. The van der Waals surface area contributed by atoms with E-state index in [1.165, 1.54) is 0 Å². The van der Waals surface area contributed by atoms with Crippen LogP contribution in [0, 0.1) is 3.57 Å². The summed E-state index contributed by atoms with van der Waals surface area (Å²) >= 11 is 2.24. The summed E-state index contributed by atoms with van der Waals surface area (Å²) in [7, 11) is 0. The van der Waals surface area contributed by atoms with Crippen molar-refractivity contribution in [2.75, 3.05) is 6.61 Å². The molecule has 0 aliphatic carbocycles. The number of ether oxygens (including phenoxy) is 2. The molecular formula is C25H22INO4. The van der Waals surface area contributed by atoms with Gasteiger partial charge in [-0.1, -0.05) is 30.3 Å². The summed E-state index contributed by atoms with van der Waals surface area (Å²) in [4.78, 5) is 15.0. The Bertz CT molecular complexity index is 1220. The first-order valence-electron chi connectivity index (χ1n) is 10.0. The zero-order valence-corrected chi connectivity index (χ0v) is 19.2. The van der Waals surface area contributed by atoms with Crippen LogP contribution in [0.1, 0.15) is 18.1 Å². The van der Waals surface area contributed by atoms with Gasteiger partial charge in [0.25, 0.3) is 0 Å². The fourth-order valence-electron chi connectivity index (χ4n) is 3.59. The molecule has 5 nitrogen and oxygen atoms in total. The molecule has 0 aliphatic rings. The minimum Gasteiger partial charge on any atom is -0.490 e. The summed E-state index contributed by atoms with van der Waals surface area (Å²) < 4.78 is 12.9. The third kappa shape index (κ3) is 4.85. The maximum atomic E-state index is 11.6. The van der Waals surface area contributed by atoms with Crippen molar-refractivity contribution in [2.24, 2.45) is 0 Å². The SMILES string of the molecule is CCOc1cc(-c2[nH]c3ccc(I)cc3c2CC(=O)O)ccc1OCc1ccccc1. The van der Waals surface area contributed by atoms with E-state index in [1.807, 2.05) is 73.7 Å². The first kappa shape index (κ1) is 21.2. The van der Waals surface area contributed by atoms with E-state index in [2.05, 4.69) is 27.6 Å². The maximum absolute atomic E-state index is 11.6. The number of halogens is 1. The molecule has 0 fully saturated rings. The van der Waals surface area contributed by atoms with E-state index in [9.17, 15) is 9.90 Å². The Balaban J connectivity index is 1.73. The second kappa shape index (κ2) is 9.43. The van der Waals surface area contributed by atoms with Crippen LogP contribution in [0.2, 0.25) is 0 Å². The van der Waals surface area contributed by atoms with Crippen LogP contribution in [0.25, 0.3) is 22.2 Å². The van der Waals surface area contributed by atoms with Crippen molar-refractivity contribution < 1.29 is 19.4 Å². The summed E-state index contributed by atoms with van der Waals surface area (Å²) in [5, 5.41) is 10.4. The summed E-state index contributed by atoms with van der Waals surface area (Å²) in [5.41, 5.74) is 4.39. The summed E-state index contributed by atoms with van der Waals surface area (Å²) in [6.07, 6.45) is -0.0638. The molecule has 0 spiro atoms. The van der Waals surface area contributed by atoms with Crippen molar-refractivity contribution in [2.45, 2.75) is 20.0 Å². The molecule has 158 valence electrons. The Morgan fingerprint density at radius 3 is 2.55 bits per heavy atom. The second-order valence-corrected chi connectivity index (χ2v) is 8.35. The molecule has 0 aliphatic heterocycles. The zero-order chi connectivity index (χ0) is 21.8. The minimum atomic E-state index is -0.867. The largest absolute Gasteiger partial charge is 0.490 e. The molecule has 1 heterocycles. The number of carbonyl (C=O) groups is 1. The number of carboxylic acids is 1. The number of hydrogen-bond acceptors (Lipinski definition) is 3. The standard InChI is InChI=1S/C25H22INO4/c1-2-30-23-12-17(8-11-22(23)31-15-16-6-4-3-5-7-16)25-20(14-24(28)29)19-13-18(26)9-10-21(19)27-25/h3-13,27H,2,14-15H2,1H3,(H,28,29). The highest BCUT2D eigenvalue weighted by molar-refractivity contribution is 14.1. The van der Waals surface area contributed by atoms with Gasteiger partial charge in [-0.05, 0) is 77.0 Å². The average Bonchev–Trinajstić information content (AvgIpc) is 3.11. The van der Waals surface area contributed by atoms with Gasteiger partial charge < -0.3 is 19.6 Å². The number of benzene rings is 3. The number of H-pyrrole nitrogens is 1. The minimum absolute atomic E-state index is 0.0638. The predicted octanol–water partition coefficient (Wildman–Crippen LogP) is 6.04. The lowest BCUT2D eigenvalue weighted by Crippen LogP contribution is -2.02. The normalized spacial score (nSPS) is 10.9. The van der Waals surface area contributed by atoms with E-state index in [0.717, 1.165) is 36.9 Å². The Morgan fingerprint density at radius 1 is 1.00 bits per heavy atom. The summed E-state index contributed by atoms with van der Waals surface area (Å²) in [6, 6.07) is 21.7. The van der Waals surface area contributed by atoms with Gasteiger partial charge in [-0.25, -0.2) is 0 Å². The van der Waals surface area contributed by atoms with Gasteiger partial charge in [0, 0.05) is 20.0 Å². The highest BCUT2D eigenvalue weighted by atomic mass is 127. The number of fused-ring (bicyclic) bond motifs is 1. The lowest BCUT2D eigenvalue weighted by Gasteiger charge is -2.14. The number of aliphatic carboxylic acids is 1. The van der Waals surface area contributed by atoms with Crippen molar-refractivity contribution in [1.29, 1.82) is 0 Å². The zero-order valence-electron chi connectivity index (χ0n) is 17.0. The van der Waals surface area contributed by atoms with Crippen molar-refractivity contribution >= 4 is 39.5 Å². The number of hydrogen-bond donors (Lipinski definition) is 2. The van der Waals surface area contributed by atoms with Crippen LogP contribution < -0.4 is 9.47 Å². The van der Waals surface area contributed by atoms with Gasteiger partial charge in [-0.3, -0.25) is 4.79 Å². The van der Waals surface area contributed by atoms with Gasteiger partial charge in [-0.2, -0.15) is 0 Å². The molecule has 0 bridgehead atoms. The molecule has 0 atom stereocenters. The van der Waals surface area contributed by atoms with Gasteiger partial charge in [0.2, 0.25) is 0 Å². The topological polar surface area (TPSA) is 71.6 Å². The van der Waals surface area contributed by atoms with Crippen LogP contribution in [0.3, 0.4) is 0 Å². The maximum Gasteiger partial charge on any atom is 0.307 e. The highest BCUT2D eigenvalue weighted by Crippen LogP contribution is 2.37. The molecule has 6 heteroatoms. The second-order valence-electron chi connectivity index (χ2n) is 7.11. The van der Waals surface area contributed by atoms with Crippen molar-refractivity contribution in [3.8, 4) is 22.8 Å². The third-order valence-electron chi connectivity index (χ3n) is 4.97. The monoisotopic (exact) mass is 527 g/mol. The lowest BCUT2D eigenvalue weighted by molar-refractivity contribution is -0.136. The Labute approximate surface area is 194 Å². The molecular weight excluding hydrogens is 505 g/mol. The first-order valence-corrected chi connectivity index (χ1v) is 11.1. The van der Waals surface area contributed by atoms with E-state index in [1.54, 1.807) is 0 Å². The van der Waals surface area contributed by atoms with Gasteiger partial charge in [0.1, 0.15) is 6.61 Å². The van der Waals surface area contributed by atoms with Crippen LogP contribution in [0.15, 0.2) is 66.7 Å². The smallest absolute Gasteiger partial charge is 0.307 e. The number of nitrogens with one attached hydrogen (secondary N) is 1. The van der Waals surface area contributed by atoms with Crippen LogP contribution >= 0.6 is 22.6 Å². The fourth-order valence-corrected chi connectivity index (χ4v) is 4.08. The Hall–Kier alpha value is -3.00. The van der Waals surface area contributed by atoms with Gasteiger partial charge >= 0.3 is 5.97 Å². The Kier molecular flexibility index (Phi) is 6.46. The van der Waals surface area contributed by atoms with Crippen LogP contribution in [0.5, 0.6) is 11.5 Å². The molecule has 0 radical (unpaired) electrons. The molecule has 0 saturated heterocycles. The van der Waals surface area contributed by atoms with Crippen molar-refractivity contribution in [3.05, 3.63) is 81.4 Å². The summed E-state index contributed by atoms with van der Waals surface area (Å²) in [5.74, 6) is 0.416. The number of rotatable bonds is 8. The average molecular weight is 527 g/mol. The van der Waals surface area contributed by atoms with E-state index >= 15 is 0 Å². The van der Waals surface area contributed by atoms with Crippen LogP contribution in [-0.2, 0) is 17.8 Å². The van der Waals surface area contributed by atoms with E-state index in [4.69, 9.17) is 9.47 Å². The number of carboxylic acid groups (broad SMARTS) is 1. The Morgan fingerprint density at radius 2 is 1.81 bits per heavy atom. The molecule has 0 unspecified atom stereocenters. The molecule has 3 aromatic carbocycles. The van der Waals surface area contributed by atoms with Gasteiger partial charge in [0.15, 0.2) is 11.5 Å². The van der Waals surface area contributed by atoms with E-state index in [-0.39, 0.29) is 6.42 Å². The number of aromatic nitrogens is 1. The third-order valence-corrected chi connectivity index (χ3v) is 5.64. The first-order chi connectivity index (χ1) is 15.0. The van der Waals surface area contributed by atoms with Gasteiger partial charge in [0.05, 0.1) is 18.7 Å². The molecule has 2 N–H and O–H groups in total. The van der Waals surface area contributed by atoms with E-state index < -0.39 is 5.97 Å². The van der Waals surface area contributed by atoms with Crippen molar-refractivity contribution in [3.63, 3.8) is 0 Å². The molecule has 0 saturated carbocycles. The van der Waals surface area contributed by atoms with E-state index in [0.29, 0.717) is 24.7 Å². The quantitative estimate of drug-likeness (QED) is 0.274. The molecule has 4 aromatic rings. The lowest BCUT2D eigenvalue weighted by atomic mass is 10.0.